The lowest BCUT2D eigenvalue weighted by atomic mass is 10.0. The summed E-state index contributed by atoms with van der Waals surface area (Å²) >= 11 is 0. The number of nitrogens with one attached hydrogen (secondary N) is 1. The smallest absolute Gasteiger partial charge is 0.254 e. The minimum absolute atomic E-state index is 0.00244. The highest BCUT2D eigenvalue weighted by Crippen LogP contribution is 2.24. The zero-order valence-corrected chi connectivity index (χ0v) is 15.3. The molecule has 4 rings (SSSR count). The van der Waals surface area contributed by atoms with Gasteiger partial charge in [-0.2, -0.15) is 0 Å². The molecule has 2 amide bonds. The van der Waals surface area contributed by atoms with Crippen molar-refractivity contribution in [3.05, 3.63) is 66.1 Å². The van der Waals surface area contributed by atoms with Gasteiger partial charge in [0, 0.05) is 55.9 Å². The minimum atomic E-state index is -0.0230. The Morgan fingerprint density at radius 3 is 2.85 bits per heavy atom. The molecule has 27 heavy (non-hydrogen) atoms. The predicted octanol–water partition coefficient (Wildman–Crippen LogP) is 2.44. The highest BCUT2D eigenvalue weighted by atomic mass is 16.2. The van der Waals surface area contributed by atoms with E-state index in [2.05, 4.69) is 14.9 Å². The van der Waals surface area contributed by atoms with Crippen molar-refractivity contribution in [2.75, 3.05) is 13.6 Å². The second kappa shape index (κ2) is 7.23. The largest absolute Gasteiger partial charge is 0.359 e. The Balaban J connectivity index is 1.68. The van der Waals surface area contributed by atoms with Crippen molar-refractivity contribution in [2.45, 2.75) is 19.5 Å². The van der Waals surface area contributed by atoms with Crippen LogP contribution in [-0.2, 0) is 17.9 Å². The predicted molar refractivity (Wildman–Crippen MR) is 103 cm³/mol. The molecular formula is C21H22N4O2. The Morgan fingerprint density at radius 1 is 1.15 bits per heavy atom. The SMILES string of the molecule is CNC(=O)CC1CN(C(=O)c2ccnc3ccccc23)Cc2cccn2C1. The summed E-state index contributed by atoms with van der Waals surface area (Å²) in [5.74, 6) is 0.0400. The van der Waals surface area contributed by atoms with E-state index in [1.807, 2.05) is 47.5 Å². The quantitative estimate of drug-likeness (QED) is 0.778. The second-order valence-corrected chi connectivity index (χ2v) is 6.96. The highest BCUT2D eigenvalue weighted by Gasteiger charge is 2.27. The summed E-state index contributed by atoms with van der Waals surface area (Å²) in [5, 5.41) is 3.54. The molecule has 0 saturated carbocycles. The lowest BCUT2D eigenvalue weighted by Crippen LogP contribution is -2.35. The van der Waals surface area contributed by atoms with Crippen LogP contribution in [-0.4, -0.2) is 39.9 Å². The lowest BCUT2D eigenvalue weighted by molar-refractivity contribution is -0.121. The van der Waals surface area contributed by atoms with E-state index >= 15 is 0 Å². The third-order valence-electron chi connectivity index (χ3n) is 5.13. The summed E-state index contributed by atoms with van der Waals surface area (Å²) in [7, 11) is 1.64. The van der Waals surface area contributed by atoms with E-state index in [-0.39, 0.29) is 17.7 Å². The van der Waals surface area contributed by atoms with Crippen LogP contribution >= 0.6 is 0 Å². The normalized spacial score (nSPS) is 16.6. The van der Waals surface area contributed by atoms with Crippen LogP contribution in [0.3, 0.4) is 0 Å². The second-order valence-electron chi connectivity index (χ2n) is 6.96. The van der Waals surface area contributed by atoms with E-state index in [4.69, 9.17) is 0 Å². The summed E-state index contributed by atoms with van der Waals surface area (Å²) in [5.41, 5.74) is 2.55. The molecule has 0 bridgehead atoms. The molecule has 3 heterocycles. The van der Waals surface area contributed by atoms with Crippen molar-refractivity contribution in [3.63, 3.8) is 0 Å². The average molecular weight is 362 g/mol. The number of hydrogen-bond acceptors (Lipinski definition) is 3. The monoisotopic (exact) mass is 362 g/mol. The van der Waals surface area contributed by atoms with Gasteiger partial charge in [0.2, 0.25) is 5.91 Å². The molecule has 138 valence electrons. The van der Waals surface area contributed by atoms with Gasteiger partial charge in [-0.25, -0.2) is 0 Å². The zero-order valence-electron chi connectivity index (χ0n) is 15.3. The van der Waals surface area contributed by atoms with Crippen LogP contribution in [0.2, 0.25) is 0 Å². The number of rotatable bonds is 3. The van der Waals surface area contributed by atoms with Gasteiger partial charge in [-0.1, -0.05) is 18.2 Å². The van der Waals surface area contributed by atoms with Crippen molar-refractivity contribution >= 4 is 22.7 Å². The van der Waals surface area contributed by atoms with Crippen LogP contribution < -0.4 is 5.32 Å². The fourth-order valence-electron chi connectivity index (χ4n) is 3.78. The number of carbonyl (C=O) groups is 2. The summed E-state index contributed by atoms with van der Waals surface area (Å²) in [6.07, 6.45) is 4.09. The maximum atomic E-state index is 13.4. The topological polar surface area (TPSA) is 67.2 Å². The average Bonchev–Trinajstić information content (AvgIpc) is 3.05. The molecule has 6 heteroatoms. The fourth-order valence-corrected chi connectivity index (χ4v) is 3.78. The van der Waals surface area contributed by atoms with Crippen molar-refractivity contribution in [1.82, 2.24) is 19.8 Å². The molecule has 1 aliphatic heterocycles. The number of para-hydroxylation sites is 1. The van der Waals surface area contributed by atoms with Gasteiger partial charge in [0.05, 0.1) is 17.6 Å². The molecule has 1 N–H and O–H groups in total. The molecule has 3 aromatic rings. The number of fused-ring (bicyclic) bond motifs is 2. The third kappa shape index (κ3) is 3.43. The van der Waals surface area contributed by atoms with E-state index in [9.17, 15) is 9.59 Å². The van der Waals surface area contributed by atoms with Crippen molar-refractivity contribution in [2.24, 2.45) is 5.92 Å². The molecule has 6 nitrogen and oxygen atoms in total. The molecule has 2 aromatic heterocycles. The number of carbonyl (C=O) groups excluding carboxylic acids is 2. The maximum absolute atomic E-state index is 13.4. The molecule has 0 radical (unpaired) electrons. The molecule has 1 atom stereocenters. The van der Waals surface area contributed by atoms with Gasteiger partial charge < -0.3 is 14.8 Å². The molecule has 0 spiro atoms. The van der Waals surface area contributed by atoms with Crippen molar-refractivity contribution in [1.29, 1.82) is 0 Å². The van der Waals surface area contributed by atoms with E-state index in [0.29, 0.717) is 25.1 Å². The Hall–Kier alpha value is -3.15. The molecular weight excluding hydrogens is 340 g/mol. The van der Waals surface area contributed by atoms with E-state index in [1.165, 1.54) is 0 Å². The first-order valence-electron chi connectivity index (χ1n) is 9.13. The number of amides is 2. The van der Waals surface area contributed by atoms with Crippen molar-refractivity contribution < 1.29 is 9.59 Å². The Kier molecular flexibility index (Phi) is 4.62. The molecule has 1 unspecified atom stereocenters. The van der Waals surface area contributed by atoms with Crippen LogP contribution in [0.4, 0.5) is 0 Å². The van der Waals surface area contributed by atoms with Crippen LogP contribution in [0, 0.1) is 5.92 Å². The standard InChI is InChI=1S/C21H22N4O2/c1-22-20(26)11-15-12-24-10-4-5-16(24)14-25(13-15)21(27)18-8-9-23-19-7-3-2-6-17(18)19/h2-10,15H,11-14H2,1H3,(H,22,26). The Morgan fingerprint density at radius 2 is 2.00 bits per heavy atom. The van der Waals surface area contributed by atoms with Gasteiger partial charge in [-0.3, -0.25) is 14.6 Å². The number of pyridine rings is 1. The summed E-state index contributed by atoms with van der Waals surface area (Å²) in [6, 6.07) is 13.5. The molecule has 1 aliphatic rings. The van der Waals surface area contributed by atoms with Gasteiger partial charge >= 0.3 is 0 Å². The zero-order chi connectivity index (χ0) is 18.8. The lowest BCUT2D eigenvalue weighted by Gasteiger charge is -2.24. The van der Waals surface area contributed by atoms with Crippen LogP contribution in [0.5, 0.6) is 0 Å². The van der Waals surface area contributed by atoms with E-state index in [1.54, 1.807) is 19.3 Å². The van der Waals surface area contributed by atoms with Gasteiger partial charge in [0.15, 0.2) is 0 Å². The number of aromatic nitrogens is 2. The van der Waals surface area contributed by atoms with Crippen LogP contribution in [0.15, 0.2) is 54.9 Å². The first kappa shape index (κ1) is 17.3. The van der Waals surface area contributed by atoms with E-state index < -0.39 is 0 Å². The fraction of sp³-hybridized carbons (Fsp3) is 0.286. The molecule has 0 fully saturated rings. The Bertz CT molecular complexity index is 989. The van der Waals surface area contributed by atoms with E-state index in [0.717, 1.165) is 23.1 Å². The molecule has 1 aromatic carbocycles. The first-order valence-corrected chi connectivity index (χ1v) is 9.13. The van der Waals surface area contributed by atoms with Crippen LogP contribution in [0.25, 0.3) is 10.9 Å². The summed E-state index contributed by atoms with van der Waals surface area (Å²) in [6.45, 7) is 1.81. The van der Waals surface area contributed by atoms with Gasteiger partial charge in [0.1, 0.15) is 0 Å². The third-order valence-corrected chi connectivity index (χ3v) is 5.13. The maximum Gasteiger partial charge on any atom is 0.254 e. The molecule has 0 aliphatic carbocycles. The van der Waals surface area contributed by atoms with Gasteiger partial charge in [-0.15, -0.1) is 0 Å². The van der Waals surface area contributed by atoms with Gasteiger partial charge in [0.25, 0.3) is 5.91 Å². The highest BCUT2D eigenvalue weighted by molar-refractivity contribution is 6.05. The number of benzene rings is 1. The summed E-state index contributed by atoms with van der Waals surface area (Å²) in [4.78, 5) is 31.5. The molecule has 0 saturated heterocycles. The number of nitrogens with zero attached hydrogens (tertiary/aromatic N) is 3. The van der Waals surface area contributed by atoms with Crippen molar-refractivity contribution in [3.8, 4) is 0 Å². The first-order chi connectivity index (χ1) is 13.2. The van der Waals surface area contributed by atoms with Crippen LogP contribution in [0.1, 0.15) is 22.5 Å². The number of hydrogen-bond donors (Lipinski definition) is 1. The minimum Gasteiger partial charge on any atom is -0.359 e. The van der Waals surface area contributed by atoms with Gasteiger partial charge in [-0.05, 0) is 24.3 Å². The Labute approximate surface area is 157 Å². The summed E-state index contributed by atoms with van der Waals surface area (Å²) < 4.78 is 2.14.